The summed E-state index contributed by atoms with van der Waals surface area (Å²) < 4.78 is 1.09. The Morgan fingerprint density at radius 1 is 1.09 bits per heavy atom. The zero-order valence-electron chi connectivity index (χ0n) is 5.86. The summed E-state index contributed by atoms with van der Waals surface area (Å²) in [5.41, 5.74) is 1.98. The van der Waals surface area contributed by atoms with Crippen molar-refractivity contribution < 1.29 is 0 Å². The molecule has 2 nitrogen and oxygen atoms in total. The Balaban J connectivity index is 2.83. The molecule has 0 saturated heterocycles. The summed E-state index contributed by atoms with van der Waals surface area (Å²) in [6.07, 6.45) is 1.84. The molecule has 1 aromatic heterocycles. The number of fused-ring (bicyclic) bond motifs is 1. The van der Waals surface area contributed by atoms with Crippen molar-refractivity contribution in [1.82, 2.24) is 9.97 Å². The van der Waals surface area contributed by atoms with Gasteiger partial charge in [-0.25, -0.2) is 0 Å². The molecule has 0 N–H and O–H groups in total. The van der Waals surface area contributed by atoms with Crippen molar-refractivity contribution in [3.8, 4) is 0 Å². The Morgan fingerprint density at radius 2 is 1.82 bits per heavy atom. The molecular formula is C8H5InN2. The first-order valence-electron chi connectivity index (χ1n) is 3.33. The summed E-state index contributed by atoms with van der Waals surface area (Å²) in [7, 11) is 0. The van der Waals surface area contributed by atoms with Crippen molar-refractivity contribution in [2.75, 3.05) is 0 Å². The van der Waals surface area contributed by atoms with E-state index in [2.05, 4.69) is 9.97 Å². The Bertz CT molecular complexity index is 387. The van der Waals surface area contributed by atoms with Crippen molar-refractivity contribution in [3.05, 3.63) is 30.5 Å². The van der Waals surface area contributed by atoms with Crippen LogP contribution in [0.4, 0.5) is 0 Å². The predicted molar refractivity (Wildman–Crippen MR) is 44.9 cm³/mol. The minimum atomic E-state index is 0.977. The standard InChI is InChI=1S/C8H5N2.In/c1-2-4-8-7(3-1)9-5-6-10-8;/h1-5H;. The van der Waals surface area contributed by atoms with Crippen LogP contribution in [-0.4, -0.2) is 34.3 Å². The first kappa shape index (κ1) is 7.10. The third kappa shape index (κ3) is 1.38. The number of para-hydroxylation sites is 2. The second kappa shape index (κ2) is 2.81. The molecule has 0 amide bonds. The summed E-state index contributed by atoms with van der Waals surface area (Å²) in [6.45, 7) is 0. The number of hydrogen-bond acceptors (Lipinski definition) is 2. The van der Waals surface area contributed by atoms with E-state index in [-0.39, 0.29) is 0 Å². The Hall–Kier alpha value is -0.570. The molecule has 0 atom stereocenters. The Morgan fingerprint density at radius 3 is 2.64 bits per heavy atom. The van der Waals surface area contributed by atoms with Crippen molar-refractivity contribution in [2.45, 2.75) is 0 Å². The molecule has 0 spiro atoms. The number of rotatable bonds is 0. The maximum atomic E-state index is 4.37. The van der Waals surface area contributed by atoms with E-state index in [4.69, 9.17) is 0 Å². The Kier molecular flexibility index (Phi) is 1.82. The zero-order valence-corrected chi connectivity index (χ0v) is 9.15. The van der Waals surface area contributed by atoms with Crippen LogP contribution < -0.4 is 3.45 Å². The van der Waals surface area contributed by atoms with Crippen LogP contribution in [0.1, 0.15) is 0 Å². The van der Waals surface area contributed by atoms with E-state index in [1.165, 1.54) is 0 Å². The average molecular weight is 244 g/mol. The molecule has 0 bridgehead atoms. The van der Waals surface area contributed by atoms with Gasteiger partial charge in [0, 0.05) is 0 Å². The van der Waals surface area contributed by atoms with Crippen LogP contribution in [0.2, 0.25) is 0 Å². The number of benzene rings is 1. The van der Waals surface area contributed by atoms with Gasteiger partial charge in [-0.15, -0.1) is 0 Å². The molecule has 2 aromatic rings. The average Bonchev–Trinajstić information content (AvgIpc) is 2.04. The third-order valence-electron chi connectivity index (χ3n) is 1.47. The molecule has 2 rings (SSSR count). The van der Waals surface area contributed by atoms with Gasteiger partial charge >= 0.3 is 79.3 Å². The molecule has 0 unspecified atom stereocenters. The van der Waals surface area contributed by atoms with E-state index < -0.39 is 0 Å². The van der Waals surface area contributed by atoms with Crippen LogP contribution in [-0.2, 0) is 0 Å². The van der Waals surface area contributed by atoms with Gasteiger partial charge in [-0.3, -0.25) is 0 Å². The van der Waals surface area contributed by atoms with E-state index in [9.17, 15) is 0 Å². The molecule has 0 aliphatic carbocycles. The molecule has 0 saturated carbocycles. The van der Waals surface area contributed by atoms with Crippen LogP contribution in [0.5, 0.6) is 0 Å². The minimum absolute atomic E-state index is 0.977. The zero-order chi connectivity index (χ0) is 7.68. The summed E-state index contributed by atoms with van der Waals surface area (Å²) in [6, 6.07) is 7.92. The van der Waals surface area contributed by atoms with E-state index in [0.717, 1.165) is 38.9 Å². The van der Waals surface area contributed by atoms with Gasteiger partial charge in [0.1, 0.15) is 0 Å². The molecule has 0 aliphatic rings. The molecule has 50 valence electrons. The van der Waals surface area contributed by atoms with Gasteiger partial charge in [0.05, 0.1) is 0 Å². The second-order valence-corrected chi connectivity index (χ2v) is 3.97. The van der Waals surface area contributed by atoms with Crippen LogP contribution in [0.15, 0.2) is 30.5 Å². The molecule has 2 radical (unpaired) electrons. The fourth-order valence-electron chi connectivity index (χ4n) is 0.972. The van der Waals surface area contributed by atoms with E-state index in [0.29, 0.717) is 0 Å². The summed E-state index contributed by atoms with van der Waals surface area (Å²) in [5.74, 6) is 0. The van der Waals surface area contributed by atoms with Gasteiger partial charge in [-0.1, -0.05) is 0 Å². The van der Waals surface area contributed by atoms with Crippen molar-refractivity contribution in [2.24, 2.45) is 0 Å². The molecule has 1 heterocycles. The molecule has 0 aliphatic heterocycles. The van der Waals surface area contributed by atoms with E-state index >= 15 is 0 Å². The van der Waals surface area contributed by atoms with Gasteiger partial charge in [0.2, 0.25) is 0 Å². The summed E-state index contributed by atoms with van der Waals surface area (Å²) in [5, 5.41) is 0. The fraction of sp³-hybridized carbons (Fsp3) is 0. The summed E-state index contributed by atoms with van der Waals surface area (Å²) >= 11 is 1.03. The number of aromatic nitrogens is 2. The van der Waals surface area contributed by atoms with Crippen LogP contribution in [0.3, 0.4) is 0 Å². The van der Waals surface area contributed by atoms with E-state index in [1.807, 2.05) is 30.5 Å². The number of hydrogen-bond donors (Lipinski definition) is 0. The van der Waals surface area contributed by atoms with Crippen molar-refractivity contribution >= 4 is 38.9 Å². The topological polar surface area (TPSA) is 25.8 Å². The van der Waals surface area contributed by atoms with Gasteiger partial charge in [0.15, 0.2) is 0 Å². The van der Waals surface area contributed by atoms with Crippen molar-refractivity contribution in [1.29, 1.82) is 0 Å². The fourth-order valence-corrected chi connectivity index (χ4v) is 1.58. The monoisotopic (exact) mass is 244 g/mol. The number of nitrogens with zero attached hydrogens (tertiary/aromatic N) is 2. The van der Waals surface area contributed by atoms with Gasteiger partial charge < -0.3 is 0 Å². The first-order valence-corrected chi connectivity index (χ1v) is 4.98. The molecule has 0 fully saturated rings. The van der Waals surface area contributed by atoms with Crippen LogP contribution in [0.25, 0.3) is 11.0 Å². The third-order valence-corrected chi connectivity index (χ3v) is 2.26. The molecular weight excluding hydrogens is 239 g/mol. The maximum absolute atomic E-state index is 4.37. The second-order valence-electron chi connectivity index (χ2n) is 2.28. The van der Waals surface area contributed by atoms with Crippen LogP contribution in [0, 0.1) is 0 Å². The normalized spacial score (nSPS) is 10.2. The van der Waals surface area contributed by atoms with Gasteiger partial charge in [-0.05, 0) is 0 Å². The molecule has 3 heteroatoms. The summed E-state index contributed by atoms with van der Waals surface area (Å²) in [4.78, 5) is 8.62. The molecule has 1 aromatic carbocycles. The van der Waals surface area contributed by atoms with Gasteiger partial charge in [-0.2, -0.15) is 0 Å². The molecule has 11 heavy (non-hydrogen) atoms. The van der Waals surface area contributed by atoms with E-state index in [1.54, 1.807) is 0 Å². The van der Waals surface area contributed by atoms with Crippen LogP contribution >= 0.6 is 0 Å². The quantitative estimate of drug-likeness (QED) is 0.671. The predicted octanol–water partition coefficient (Wildman–Crippen LogP) is 0.424. The van der Waals surface area contributed by atoms with Crippen molar-refractivity contribution in [3.63, 3.8) is 0 Å². The Labute approximate surface area is 79.2 Å². The van der Waals surface area contributed by atoms with Gasteiger partial charge in [0.25, 0.3) is 0 Å². The SMILES string of the molecule is [In][c]1cnc2ccccc2n1. The first-order chi connectivity index (χ1) is 5.36.